The molecule has 31 heavy (non-hydrogen) atoms. The lowest BCUT2D eigenvalue weighted by atomic mass is 9.93. The summed E-state index contributed by atoms with van der Waals surface area (Å²) in [6.07, 6.45) is 4.32. The third-order valence-corrected chi connectivity index (χ3v) is 5.81. The van der Waals surface area contributed by atoms with Crippen molar-refractivity contribution in [3.8, 4) is 0 Å². The molecule has 0 amide bonds. The zero-order valence-corrected chi connectivity index (χ0v) is 19.4. The van der Waals surface area contributed by atoms with Gasteiger partial charge in [0.15, 0.2) is 0 Å². The monoisotopic (exact) mass is 457 g/mol. The molecule has 0 saturated carbocycles. The van der Waals surface area contributed by atoms with Gasteiger partial charge in [-0.2, -0.15) is 0 Å². The van der Waals surface area contributed by atoms with Crippen molar-refractivity contribution in [2.45, 2.75) is 24.9 Å². The van der Waals surface area contributed by atoms with Gasteiger partial charge in [-0.25, -0.2) is 8.78 Å². The van der Waals surface area contributed by atoms with Crippen LogP contribution in [0.4, 0.5) is 8.78 Å². The SMILES string of the molecule is C=CC=N/C=C(\C)C(O)C(=C)/C(=C\SCc1cc(F)cc(CP)c1)c1ccc(F)cc1. The van der Waals surface area contributed by atoms with Gasteiger partial charge in [0, 0.05) is 18.2 Å². The van der Waals surface area contributed by atoms with E-state index in [-0.39, 0.29) is 11.6 Å². The maximum atomic E-state index is 13.8. The highest BCUT2D eigenvalue weighted by Crippen LogP contribution is 2.31. The molecule has 0 heterocycles. The smallest absolute Gasteiger partial charge is 0.123 e. The molecule has 1 N–H and O–H groups in total. The van der Waals surface area contributed by atoms with Gasteiger partial charge in [0.05, 0.1) is 0 Å². The maximum Gasteiger partial charge on any atom is 0.123 e. The van der Waals surface area contributed by atoms with Gasteiger partial charge in [0.2, 0.25) is 0 Å². The first kappa shape index (κ1) is 24.9. The van der Waals surface area contributed by atoms with Gasteiger partial charge in [-0.15, -0.1) is 21.0 Å². The number of hydrogen-bond donors (Lipinski definition) is 1. The van der Waals surface area contributed by atoms with Gasteiger partial charge < -0.3 is 5.11 Å². The van der Waals surface area contributed by atoms with Crippen LogP contribution >= 0.6 is 21.0 Å². The highest BCUT2D eigenvalue weighted by molar-refractivity contribution is 8.01. The van der Waals surface area contributed by atoms with E-state index in [0.717, 1.165) is 16.7 Å². The predicted octanol–water partition coefficient (Wildman–Crippen LogP) is 6.69. The molecule has 2 atom stereocenters. The van der Waals surface area contributed by atoms with Gasteiger partial charge in [0.25, 0.3) is 0 Å². The highest BCUT2D eigenvalue weighted by Gasteiger charge is 2.17. The topological polar surface area (TPSA) is 32.6 Å². The summed E-state index contributed by atoms with van der Waals surface area (Å²) in [6, 6.07) is 11.0. The molecule has 2 aromatic carbocycles. The molecule has 0 spiro atoms. The Balaban J connectivity index is 2.30. The Kier molecular flexibility index (Phi) is 10.1. The summed E-state index contributed by atoms with van der Waals surface area (Å²) in [5, 5.41) is 12.6. The molecule has 2 rings (SSSR count). The fourth-order valence-electron chi connectivity index (χ4n) is 2.81. The Morgan fingerprint density at radius 2 is 1.84 bits per heavy atom. The Morgan fingerprint density at radius 3 is 2.48 bits per heavy atom. The molecule has 162 valence electrons. The summed E-state index contributed by atoms with van der Waals surface area (Å²) in [5.74, 6) is -0.0671. The van der Waals surface area contributed by atoms with Crippen LogP contribution in [-0.2, 0) is 11.9 Å². The fraction of sp³-hybridized carbons (Fsp3) is 0.160. The molecular weight excluding hydrogens is 431 g/mol. The first-order valence-corrected chi connectivity index (χ1v) is 11.5. The van der Waals surface area contributed by atoms with Crippen molar-refractivity contribution >= 4 is 32.8 Å². The van der Waals surface area contributed by atoms with E-state index < -0.39 is 6.10 Å². The maximum absolute atomic E-state index is 13.8. The number of aliphatic hydroxyl groups excluding tert-OH is 1. The van der Waals surface area contributed by atoms with Gasteiger partial charge in [0.1, 0.15) is 17.7 Å². The third kappa shape index (κ3) is 7.70. The second-order valence-electron chi connectivity index (χ2n) is 6.86. The number of rotatable bonds is 10. The Bertz CT molecular complexity index is 1010. The minimum absolute atomic E-state index is 0.265. The van der Waals surface area contributed by atoms with E-state index in [1.165, 1.54) is 42.2 Å². The average Bonchev–Trinajstić information content (AvgIpc) is 2.76. The van der Waals surface area contributed by atoms with Crippen molar-refractivity contribution in [3.05, 3.63) is 113 Å². The number of aliphatic hydroxyl groups is 1. The molecule has 0 aromatic heterocycles. The van der Waals surface area contributed by atoms with Crippen molar-refractivity contribution in [1.29, 1.82) is 0 Å². The number of allylic oxidation sites excluding steroid dienone is 1. The van der Waals surface area contributed by atoms with Crippen molar-refractivity contribution in [3.63, 3.8) is 0 Å². The van der Waals surface area contributed by atoms with Gasteiger partial charge >= 0.3 is 0 Å². The first-order valence-electron chi connectivity index (χ1n) is 9.60. The molecule has 2 unspecified atom stereocenters. The van der Waals surface area contributed by atoms with Gasteiger partial charge in [-0.05, 0) is 76.2 Å². The minimum Gasteiger partial charge on any atom is -0.384 e. The molecule has 0 bridgehead atoms. The normalized spacial score (nSPS) is 13.5. The second-order valence-corrected chi connectivity index (χ2v) is 8.12. The van der Waals surface area contributed by atoms with Crippen LogP contribution in [0.25, 0.3) is 5.57 Å². The van der Waals surface area contributed by atoms with E-state index >= 15 is 0 Å². The van der Waals surface area contributed by atoms with Crippen molar-refractivity contribution in [2.24, 2.45) is 4.99 Å². The first-order chi connectivity index (χ1) is 14.8. The Morgan fingerprint density at radius 1 is 1.16 bits per heavy atom. The van der Waals surface area contributed by atoms with E-state index in [9.17, 15) is 13.9 Å². The summed E-state index contributed by atoms with van der Waals surface area (Å²) >= 11 is 1.46. The van der Waals surface area contributed by atoms with Gasteiger partial charge in [-0.1, -0.05) is 37.4 Å². The summed E-state index contributed by atoms with van der Waals surface area (Å²) in [7, 11) is 2.59. The number of hydrogen-bond acceptors (Lipinski definition) is 3. The molecule has 0 fully saturated rings. The standard InChI is InChI=1S/C25H26F2NOPS/c1-4-9-28-13-17(2)25(29)18(3)24(21-5-7-22(26)8-6-21)16-31-15-20-10-19(14-30)11-23(27)12-20/h4-13,16,25,29H,1,3,14-15,30H2,2H3/b17-13+,24-16+,28-9?. The number of aliphatic imine (C=N–C) groups is 1. The number of benzene rings is 2. The molecule has 0 aliphatic heterocycles. The van der Waals surface area contributed by atoms with E-state index in [4.69, 9.17) is 0 Å². The quantitative estimate of drug-likeness (QED) is 0.245. The molecule has 0 aliphatic rings. The molecule has 0 radical (unpaired) electrons. The summed E-state index contributed by atoms with van der Waals surface area (Å²) in [6.45, 7) is 9.38. The zero-order chi connectivity index (χ0) is 22.8. The molecule has 0 saturated heterocycles. The van der Waals surface area contributed by atoms with E-state index in [0.29, 0.717) is 28.6 Å². The lowest BCUT2D eigenvalue weighted by Crippen LogP contribution is -2.12. The number of thioether (sulfide) groups is 1. The number of nitrogens with zero attached hydrogens (tertiary/aromatic N) is 1. The largest absolute Gasteiger partial charge is 0.384 e. The van der Waals surface area contributed by atoms with E-state index in [1.807, 2.05) is 11.5 Å². The van der Waals surface area contributed by atoms with Crippen LogP contribution in [0.2, 0.25) is 0 Å². The third-order valence-electron chi connectivity index (χ3n) is 4.44. The van der Waals surface area contributed by atoms with Crippen LogP contribution < -0.4 is 0 Å². The summed E-state index contributed by atoms with van der Waals surface area (Å²) < 4.78 is 27.2. The van der Waals surface area contributed by atoms with Crippen LogP contribution in [0.3, 0.4) is 0 Å². The van der Waals surface area contributed by atoms with E-state index in [1.54, 1.807) is 31.3 Å². The van der Waals surface area contributed by atoms with Crippen LogP contribution in [0, 0.1) is 11.6 Å². The lowest BCUT2D eigenvalue weighted by Gasteiger charge is -2.18. The number of halogens is 2. The van der Waals surface area contributed by atoms with E-state index in [2.05, 4.69) is 27.4 Å². The molecule has 2 aromatic rings. The Hall–Kier alpha value is -2.33. The minimum atomic E-state index is -0.961. The van der Waals surface area contributed by atoms with Crippen LogP contribution in [0.1, 0.15) is 23.6 Å². The van der Waals surface area contributed by atoms with Crippen molar-refractivity contribution in [2.75, 3.05) is 0 Å². The van der Waals surface area contributed by atoms with Gasteiger partial charge in [-0.3, -0.25) is 4.99 Å². The van der Waals surface area contributed by atoms with Crippen LogP contribution in [0.15, 0.2) is 89.4 Å². The predicted molar refractivity (Wildman–Crippen MR) is 133 cm³/mol. The Labute approximate surface area is 189 Å². The fourth-order valence-corrected chi connectivity index (χ4v) is 3.94. The van der Waals surface area contributed by atoms with Crippen LogP contribution in [0.5, 0.6) is 0 Å². The summed E-state index contributed by atoms with van der Waals surface area (Å²) in [4.78, 5) is 4.05. The average molecular weight is 458 g/mol. The zero-order valence-electron chi connectivity index (χ0n) is 17.4. The second kappa shape index (κ2) is 12.5. The molecular formula is C25H26F2NOPS. The highest BCUT2D eigenvalue weighted by atomic mass is 32.2. The molecule has 6 heteroatoms. The lowest BCUT2D eigenvalue weighted by molar-refractivity contribution is 0.252. The summed E-state index contributed by atoms with van der Waals surface area (Å²) in [5.41, 5.74) is 4.25. The molecule has 0 aliphatic carbocycles. The molecule has 2 nitrogen and oxygen atoms in total. The van der Waals surface area contributed by atoms with Crippen molar-refractivity contribution < 1.29 is 13.9 Å². The van der Waals surface area contributed by atoms with Crippen molar-refractivity contribution in [1.82, 2.24) is 0 Å². The van der Waals surface area contributed by atoms with Crippen LogP contribution in [-0.4, -0.2) is 17.4 Å².